The zero-order chi connectivity index (χ0) is 14.8. The van der Waals surface area contributed by atoms with E-state index in [9.17, 15) is 0 Å². The highest BCUT2D eigenvalue weighted by Crippen LogP contribution is 2.30. The Balaban J connectivity index is 2.16. The van der Waals surface area contributed by atoms with Gasteiger partial charge in [0.25, 0.3) is 0 Å². The van der Waals surface area contributed by atoms with Crippen LogP contribution in [0.3, 0.4) is 0 Å². The van der Waals surface area contributed by atoms with E-state index in [0.29, 0.717) is 12.0 Å². The number of anilines is 1. The van der Waals surface area contributed by atoms with Crippen LogP contribution in [-0.2, 0) is 5.41 Å². The van der Waals surface area contributed by atoms with E-state index in [1.807, 2.05) is 11.3 Å². The van der Waals surface area contributed by atoms with Gasteiger partial charge in [0.1, 0.15) is 0 Å². The number of nitrogens with one attached hydrogen (secondary N) is 1. The van der Waals surface area contributed by atoms with Gasteiger partial charge in [-0.1, -0.05) is 52.8 Å². The molecule has 0 saturated heterocycles. The van der Waals surface area contributed by atoms with Gasteiger partial charge in [-0.2, -0.15) is 0 Å². The van der Waals surface area contributed by atoms with Crippen LogP contribution in [0.5, 0.6) is 0 Å². The van der Waals surface area contributed by atoms with Gasteiger partial charge in [0, 0.05) is 10.6 Å². The third-order valence-corrected chi connectivity index (χ3v) is 4.54. The van der Waals surface area contributed by atoms with Gasteiger partial charge in [0.05, 0.1) is 6.04 Å². The van der Waals surface area contributed by atoms with E-state index < -0.39 is 0 Å². The highest BCUT2D eigenvalue weighted by molar-refractivity contribution is 7.10. The van der Waals surface area contributed by atoms with Crippen molar-refractivity contribution in [3.8, 4) is 0 Å². The van der Waals surface area contributed by atoms with Crippen LogP contribution in [0.25, 0.3) is 0 Å². The van der Waals surface area contributed by atoms with Crippen molar-refractivity contribution in [3.05, 3.63) is 52.2 Å². The predicted molar refractivity (Wildman–Crippen MR) is 90.7 cm³/mol. The third kappa shape index (κ3) is 3.63. The Kier molecular flexibility index (Phi) is 4.54. The maximum atomic E-state index is 3.67. The van der Waals surface area contributed by atoms with Crippen LogP contribution in [0.1, 0.15) is 51.1 Å². The summed E-state index contributed by atoms with van der Waals surface area (Å²) in [5, 5.41) is 5.82. The molecule has 0 bridgehead atoms. The Morgan fingerprint density at radius 3 is 2.10 bits per heavy atom. The molecule has 0 amide bonds. The van der Waals surface area contributed by atoms with Crippen molar-refractivity contribution in [2.24, 2.45) is 5.92 Å². The van der Waals surface area contributed by atoms with Crippen LogP contribution in [0, 0.1) is 5.92 Å². The van der Waals surface area contributed by atoms with Crippen LogP contribution >= 0.6 is 11.3 Å². The molecule has 1 heterocycles. The summed E-state index contributed by atoms with van der Waals surface area (Å²) >= 11 is 1.82. The fourth-order valence-corrected chi connectivity index (χ4v) is 3.23. The summed E-state index contributed by atoms with van der Waals surface area (Å²) < 4.78 is 0. The molecule has 2 aromatic rings. The summed E-state index contributed by atoms with van der Waals surface area (Å²) in [6, 6.07) is 13.6. The van der Waals surface area contributed by atoms with Gasteiger partial charge in [0.15, 0.2) is 0 Å². The summed E-state index contributed by atoms with van der Waals surface area (Å²) in [6.07, 6.45) is 0. The average molecular weight is 287 g/mol. The van der Waals surface area contributed by atoms with Crippen LogP contribution in [0.15, 0.2) is 41.8 Å². The molecule has 1 atom stereocenters. The lowest BCUT2D eigenvalue weighted by Gasteiger charge is -2.24. The van der Waals surface area contributed by atoms with Crippen molar-refractivity contribution in [2.75, 3.05) is 5.32 Å². The molecule has 108 valence electrons. The fraction of sp³-hybridized carbons (Fsp3) is 0.444. The Morgan fingerprint density at radius 2 is 1.65 bits per heavy atom. The summed E-state index contributed by atoms with van der Waals surface area (Å²) in [5.74, 6) is 0.566. The molecule has 0 aliphatic heterocycles. The summed E-state index contributed by atoms with van der Waals surface area (Å²) in [5.41, 5.74) is 2.79. The lowest BCUT2D eigenvalue weighted by Crippen LogP contribution is -2.16. The summed E-state index contributed by atoms with van der Waals surface area (Å²) in [4.78, 5) is 1.40. The minimum Gasteiger partial charge on any atom is -0.377 e. The molecule has 1 aromatic heterocycles. The second-order valence-electron chi connectivity index (χ2n) is 6.71. The first-order chi connectivity index (χ1) is 9.38. The van der Waals surface area contributed by atoms with Gasteiger partial charge in [-0.25, -0.2) is 0 Å². The zero-order valence-electron chi connectivity index (χ0n) is 13.1. The molecule has 0 radical (unpaired) electrons. The molecule has 1 unspecified atom stereocenters. The lowest BCUT2D eigenvalue weighted by molar-refractivity contribution is 0.553. The molecule has 1 aromatic carbocycles. The molecule has 20 heavy (non-hydrogen) atoms. The Labute approximate surface area is 127 Å². The van der Waals surface area contributed by atoms with E-state index in [0.717, 1.165) is 0 Å². The number of thiophene rings is 1. The van der Waals surface area contributed by atoms with Gasteiger partial charge < -0.3 is 5.32 Å². The van der Waals surface area contributed by atoms with Crippen LogP contribution in [0.4, 0.5) is 5.69 Å². The minimum atomic E-state index is 0.212. The highest BCUT2D eigenvalue weighted by Gasteiger charge is 2.17. The summed E-state index contributed by atoms with van der Waals surface area (Å²) in [6.45, 7) is 11.3. The van der Waals surface area contributed by atoms with Gasteiger partial charge in [-0.15, -0.1) is 11.3 Å². The molecule has 0 saturated carbocycles. The highest BCUT2D eigenvalue weighted by atomic mass is 32.1. The molecular formula is C18H25NS. The second-order valence-corrected chi connectivity index (χ2v) is 7.69. The van der Waals surface area contributed by atoms with E-state index in [1.54, 1.807) is 0 Å². The topological polar surface area (TPSA) is 12.0 Å². The van der Waals surface area contributed by atoms with Crippen molar-refractivity contribution in [1.29, 1.82) is 0 Å². The third-order valence-electron chi connectivity index (χ3n) is 3.59. The van der Waals surface area contributed by atoms with Crippen molar-refractivity contribution in [3.63, 3.8) is 0 Å². The molecule has 2 rings (SSSR count). The maximum absolute atomic E-state index is 3.67. The van der Waals surface area contributed by atoms with Crippen LogP contribution in [0.2, 0.25) is 0 Å². The van der Waals surface area contributed by atoms with Gasteiger partial charge in [0.2, 0.25) is 0 Å². The molecule has 0 fully saturated rings. The van der Waals surface area contributed by atoms with E-state index in [4.69, 9.17) is 0 Å². The molecule has 1 nitrogen and oxygen atoms in total. The standard InChI is InChI=1S/C18H25NS/c1-13(2)17(16-7-6-12-20-16)19-15-10-8-14(9-11-15)18(3,4)5/h6-13,17,19H,1-5H3. The van der Waals surface area contributed by atoms with E-state index in [2.05, 4.69) is 81.7 Å². The SMILES string of the molecule is CC(C)C(Nc1ccc(C(C)(C)C)cc1)c1cccs1. The number of hydrogen-bond acceptors (Lipinski definition) is 2. The normalized spacial score (nSPS) is 13.5. The lowest BCUT2D eigenvalue weighted by atomic mass is 9.87. The Hall–Kier alpha value is -1.28. The van der Waals surface area contributed by atoms with Crippen molar-refractivity contribution in [2.45, 2.75) is 46.1 Å². The largest absolute Gasteiger partial charge is 0.377 e. The number of benzene rings is 1. The first-order valence-corrected chi connectivity index (χ1v) is 8.16. The van der Waals surface area contributed by atoms with Crippen LogP contribution in [-0.4, -0.2) is 0 Å². The van der Waals surface area contributed by atoms with Crippen molar-refractivity contribution >= 4 is 17.0 Å². The second kappa shape index (κ2) is 6.01. The van der Waals surface area contributed by atoms with E-state index in [-0.39, 0.29) is 5.41 Å². The first kappa shape index (κ1) is 15.1. The predicted octanol–water partition coefficient (Wildman–Crippen LogP) is 5.85. The Morgan fingerprint density at radius 1 is 1.00 bits per heavy atom. The van der Waals surface area contributed by atoms with Crippen molar-refractivity contribution in [1.82, 2.24) is 0 Å². The molecule has 2 heteroatoms. The van der Waals surface area contributed by atoms with E-state index >= 15 is 0 Å². The smallest absolute Gasteiger partial charge is 0.0629 e. The first-order valence-electron chi connectivity index (χ1n) is 7.28. The molecule has 0 spiro atoms. The average Bonchev–Trinajstić information content (AvgIpc) is 2.88. The monoisotopic (exact) mass is 287 g/mol. The molecule has 1 N–H and O–H groups in total. The minimum absolute atomic E-state index is 0.212. The van der Waals surface area contributed by atoms with Crippen LogP contribution < -0.4 is 5.32 Å². The zero-order valence-corrected chi connectivity index (χ0v) is 13.9. The van der Waals surface area contributed by atoms with Gasteiger partial charge >= 0.3 is 0 Å². The quantitative estimate of drug-likeness (QED) is 0.743. The maximum Gasteiger partial charge on any atom is 0.0629 e. The molecule has 0 aliphatic carbocycles. The summed E-state index contributed by atoms with van der Waals surface area (Å²) in [7, 11) is 0. The number of hydrogen-bond donors (Lipinski definition) is 1. The van der Waals surface area contributed by atoms with Crippen molar-refractivity contribution < 1.29 is 0 Å². The number of rotatable bonds is 4. The molecular weight excluding hydrogens is 262 g/mol. The van der Waals surface area contributed by atoms with E-state index in [1.165, 1.54) is 16.1 Å². The Bertz CT molecular complexity index is 518. The fourth-order valence-electron chi connectivity index (χ4n) is 2.28. The van der Waals surface area contributed by atoms with Gasteiger partial charge in [-0.3, -0.25) is 0 Å². The van der Waals surface area contributed by atoms with Gasteiger partial charge in [-0.05, 0) is 40.5 Å². The molecule has 0 aliphatic rings.